The second kappa shape index (κ2) is 23.9. The van der Waals surface area contributed by atoms with Gasteiger partial charge in [0.1, 0.15) is 23.4 Å². The number of rotatable bonds is 14. The molecule has 3 aliphatic rings. The van der Waals surface area contributed by atoms with Crippen molar-refractivity contribution in [2.75, 3.05) is 28.3 Å². The van der Waals surface area contributed by atoms with Crippen molar-refractivity contribution in [2.24, 2.45) is 17.8 Å². The molecule has 0 bridgehead atoms. The maximum atomic E-state index is 14.6. The smallest absolute Gasteiger partial charge is 0.311 e. The van der Waals surface area contributed by atoms with Crippen LogP contribution in [0.4, 0.5) is 0 Å². The van der Waals surface area contributed by atoms with Crippen molar-refractivity contribution in [1.29, 1.82) is 0 Å². The first kappa shape index (κ1) is 56.6. The van der Waals surface area contributed by atoms with E-state index in [0.29, 0.717) is 12.8 Å². The van der Waals surface area contributed by atoms with Crippen molar-refractivity contribution in [2.45, 2.75) is 211 Å². The fourth-order valence-electron chi connectivity index (χ4n) is 10.7. The normalized spacial score (nSPS) is 39.8. The maximum absolute atomic E-state index is 14.6. The Hall–Kier alpha value is -3.36. The lowest BCUT2D eigenvalue weighted by Crippen LogP contribution is -2.61. The zero-order chi connectivity index (χ0) is 51.2. The number of aromatic nitrogens is 1. The molecule has 1 aromatic heterocycles. The first-order chi connectivity index (χ1) is 32.4. The number of cyclic esters (lactones) is 1. The monoisotopic (exact) mass is 974 g/mol. The zero-order valence-electron chi connectivity index (χ0n) is 43.5. The van der Waals surface area contributed by atoms with E-state index in [1.54, 1.807) is 27.7 Å². The number of para-hydroxylation sites is 1. The number of ether oxygens (including phenoxy) is 8. The largest absolute Gasteiger partial charge is 0.459 e. The van der Waals surface area contributed by atoms with E-state index >= 15 is 0 Å². The zero-order valence-corrected chi connectivity index (χ0v) is 43.5. The van der Waals surface area contributed by atoms with Crippen molar-refractivity contribution in [3.63, 3.8) is 0 Å². The van der Waals surface area contributed by atoms with Crippen LogP contribution in [0.25, 0.3) is 10.9 Å². The van der Waals surface area contributed by atoms with Crippen molar-refractivity contribution >= 4 is 28.7 Å². The quantitative estimate of drug-likeness (QED) is 0.141. The van der Waals surface area contributed by atoms with Gasteiger partial charge in [-0.1, -0.05) is 39.0 Å². The van der Waals surface area contributed by atoms with Gasteiger partial charge in [-0.3, -0.25) is 19.4 Å². The van der Waals surface area contributed by atoms with Gasteiger partial charge in [-0.15, -0.1) is 0 Å². The van der Waals surface area contributed by atoms with Gasteiger partial charge >= 0.3 is 11.9 Å². The van der Waals surface area contributed by atoms with Crippen molar-refractivity contribution in [3.8, 4) is 0 Å². The fraction of sp³-hybridized carbons (Fsp3) is 0.769. The summed E-state index contributed by atoms with van der Waals surface area (Å²) in [4.78, 5) is 48.2. The third-order valence-electron chi connectivity index (χ3n) is 15.1. The van der Waals surface area contributed by atoms with Crippen LogP contribution in [0.1, 0.15) is 120 Å². The molecule has 0 radical (unpaired) electrons. The molecule has 390 valence electrons. The number of carbonyl (C=O) groups excluding carboxylic acids is 3. The minimum Gasteiger partial charge on any atom is -0.459 e. The number of aryl methyl sites for hydroxylation is 1. The number of carbonyl (C=O) groups is 3. The number of likely N-dealkylation sites (N-methyl/N-ethyl adjacent to an activating group) is 1. The molecule has 3 aliphatic heterocycles. The van der Waals surface area contributed by atoms with E-state index in [-0.39, 0.29) is 43.8 Å². The summed E-state index contributed by atoms with van der Waals surface area (Å²) in [5, 5.41) is 39.1. The van der Waals surface area contributed by atoms with Crippen LogP contribution in [0.2, 0.25) is 0 Å². The SMILES string of the molecule is CC[C@H]1OC(=O)[C@H](C)[C@H](O[C@H]2C[C@@](C)(OC)[C@@H](OC(=O)CCCCc3cnc4ccccc4c3)[C@H](C)O2)[C@H](C)[C@@H](O[C@@H]2O[C@H](C)C[C@H](N(C)C)[C@H]2O)[C@@](C)(OC)C[C@@H](C)NC(=O)[C@H](C)[C@@H](O)[C@]1(C)O. The highest BCUT2D eigenvalue weighted by atomic mass is 16.7. The molecule has 1 aromatic carbocycles. The number of nitrogens with zero attached hydrogens (tertiary/aromatic N) is 2. The number of nitrogens with one attached hydrogen (secondary N) is 1. The molecular formula is C52H83N3O14. The summed E-state index contributed by atoms with van der Waals surface area (Å²) in [6.45, 7) is 17.2. The van der Waals surface area contributed by atoms with Gasteiger partial charge in [-0.2, -0.15) is 0 Å². The molecule has 4 N–H and O–H groups in total. The van der Waals surface area contributed by atoms with Crippen LogP contribution in [0, 0.1) is 17.8 Å². The number of aliphatic hydroxyl groups excluding tert-OH is 2. The second-order valence-electron chi connectivity index (χ2n) is 20.9. The van der Waals surface area contributed by atoms with E-state index in [9.17, 15) is 29.7 Å². The van der Waals surface area contributed by atoms with Gasteiger partial charge < -0.3 is 63.4 Å². The molecular weight excluding hydrogens is 891 g/mol. The molecule has 2 aromatic rings. The summed E-state index contributed by atoms with van der Waals surface area (Å²) >= 11 is 0. The number of fused-ring (bicyclic) bond motifs is 1. The highest BCUT2D eigenvalue weighted by Gasteiger charge is 2.54. The van der Waals surface area contributed by atoms with E-state index < -0.39 is 108 Å². The molecule has 1 amide bonds. The van der Waals surface area contributed by atoms with Gasteiger partial charge in [0.05, 0.1) is 53.5 Å². The van der Waals surface area contributed by atoms with Crippen LogP contribution >= 0.6 is 0 Å². The predicted molar refractivity (Wildman–Crippen MR) is 258 cm³/mol. The first-order valence-corrected chi connectivity index (χ1v) is 24.9. The number of esters is 2. The van der Waals surface area contributed by atoms with Gasteiger partial charge in [-0.25, -0.2) is 0 Å². The molecule has 4 heterocycles. The molecule has 0 aliphatic carbocycles. The van der Waals surface area contributed by atoms with Gasteiger partial charge in [-0.05, 0) is 119 Å². The summed E-state index contributed by atoms with van der Waals surface area (Å²) in [6.07, 6.45) is -4.85. The van der Waals surface area contributed by atoms with E-state index in [0.717, 1.165) is 29.3 Å². The number of hydrogen-bond donors (Lipinski definition) is 4. The predicted octanol–water partition coefficient (Wildman–Crippen LogP) is 5.25. The Bertz CT molecular complexity index is 2010. The molecule has 0 saturated carbocycles. The van der Waals surface area contributed by atoms with Crippen LogP contribution in [0.5, 0.6) is 0 Å². The number of pyridine rings is 1. The van der Waals surface area contributed by atoms with Gasteiger partial charge in [0, 0.05) is 56.6 Å². The minimum absolute atomic E-state index is 0.0880. The Morgan fingerprint density at radius 2 is 1.58 bits per heavy atom. The average molecular weight is 974 g/mol. The molecule has 5 rings (SSSR count). The summed E-state index contributed by atoms with van der Waals surface area (Å²) in [7, 11) is 6.83. The van der Waals surface area contributed by atoms with E-state index in [1.165, 1.54) is 28.1 Å². The second-order valence-corrected chi connectivity index (χ2v) is 20.9. The van der Waals surface area contributed by atoms with Crippen LogP contribution in [-0.4, -0.2) is 162 Å². The Labute approximate surface area is 409 Å². The van der Waals surface area contributed by atoms with E-state index in [4.69, 9.17) is 37.9 Å². The molecule has 69 heavy (non-hydrogen) atoms. The third-order valence-corrected chi connectivity index (χ3v) is 15.1. The molecule has 3 fully saturated rings. The molecule has 17 nitrogen and oxygen atoms in total. The molecule has 18 atom stereocenters. The van der Waals surface area contributed by atoms with E-state index in [1.807, 2.05) is 77.2 Å². The first-order valence-electron chi connectivity index (χ1n) is 24.9. The number of methoxy groups -OCH3 is 2. The van der Waals surface area contributed by atoms with Crippen LogP contribution in [0.3, 0.4) is 0 Å². The van der Waals surface area contributed by atoms with Crippen molar-refractivity contribution < 1.29 is 67.6 Å². The third kappa shape index (κ3) is 13.4. The summed E-state index contributed by atoms with van der Waals surface area (Å²) in [5.74, 6) is -4.61. The van der Waals surface area contributed by atoms with Crippen LogP contribution < -0.4 is 5.32 Å². The summed E-state index contributed by atoms with van der Waals surface area (Å²) in [6, 6.07) is 9.20. The standard InChI is InChI=1S/C52H83N3O14/c1-15-39-52(10,61)44(58)33(6)47(59)54-29(2)26-50(8,62-13)45(69-49-42(57)38(55(11)12)24-30(3)64-49)31(4)43(32(5)48(60)66-39)68-41-27-51(9,63-14)46(34(7)65-41)67-40(56)23-19-16-20-35-25-36-21-17-18-22-37(36)53-28-35/h17-18,21-22,25,28-34,38-39,41-46,49,57-58,61H,15-16,19-20,23-24,26-27H2,1-14H3,(H,54,59)/t29-,30-,31+,32-,33-,34+,38+,39-,41+,42-,43-,44-,45-,46+,49+,50+,51-,52-/m1/s1. The van der Waals surface area contributed by atoms with Gasteiger partial charge in [0.15, 0.2) is 18.7 Å². The lowest BCUT2D eigenvalue weighted by atomic mass is 9.78. The summed E-state index contributed by atoms with van der Waals surface area (Å²) < 4.78 is 51.4. The maximum Gasteiger partial charge on any atom is 0.311 e. The fourth-order valence-corrected chi connectivity index (χ4v) is 10.7. The van der Waals surface area contributed by atoms with Crippen LogP contribution in [0.15, 0.2) is 36.5 Å². The Morgan fingerprint density at radius 1 is 0.913 bits per heavy atom. The number of hydrogen-bond acceptors (Lipinski definition) is 16. The Balaban J connectivity index is 1.44. The number of amides is 1. The van der Waals surface area contributed by atoms with E-state index in [2.05, 4.69) is 16.4 Å². The lowest BCUT2D eigenvalue weighted by Gasteiger charge is -2.50. The number of aliphatic hydroxyl groups is 3. The van der Waals surface area contributed by atoms with Crippen molar-refractivity contribution in [1.82, 2.24) is 15.2 Å². The minimum atomic E-state index is -2.03. The highest BCUT2D eigenvalue weighted by molar-refractivity contribution is 5.80. The number of benzene rings is 1. The summed E-state index contributed by atoms with van der Waals surface area (Å²) in [5.41, 5.74) is -2.34. The van der Waals surface area contributed by atoms with Gasteiger partial charge in [0.2, 0.25) is 5.91 Å². The molecule has 17 heteroatoms. The van der Waals surface area contributed by atoms with Crippen LogP contribution in [-0.2, 0) is 58.7 Å². The molecule has 0 spiro atoms. The number of unbranched alkanes of at least 4 members (excludes halogenated alkanes) is 1. The van der Waals surface area contributed by atoms with Gasteiger partial charge in [0.25, 0.3) is 0 Å². The Kier molecular flexibility index (Phi) is 19.6. The topological polar surface area (TPSA) is 214 Å². The molecule has 3 saturated heterocycles. The highest BCUT2D eigenvalue weighted by Crippen LogP contribution is 2.41. The Morgan fingerprint density at radius 3 is 2.23 bits per heavy atom. The molecule has 0 unspecified atom stereocenters. The lowest BCUT2D eigenvalue weighted by molar-refractivity contribution is -0.320. The van der Waals surface area contributed by atoms with Crippen molar-refractivity contribution in [3.05, 3.63) is 42.1 Å². The average Bonchev–Trinajstić information content (AvgIpc) is 3.30.